The second-order valence-corrected chi connectivity index (χ2v) is 6.26. The highest BCUT2D eigenvalue weighted by atomic mass is 35.5. The zero-order valence-electron chi connectivity index (χ0n) is 13.7. The van der Waals surface area contributed by atoms with Crippen LogP contribution in [0, 0.1) is 5.82 Å². The van der Waals surface area contributed by atoms with Crippen molar-refractivity contribution in [3.63, 3.8) is 0 Å². The van der Waals surface area contributed by atoms with E-state index in [-0.39, 0.29) is 23.1 Å². The van der Waals surface area contributed by atoms with Gasteiger partial charge in [-0.2, -0.15) is 0 Å². The van der Waals surface area contributed by atoms with Crippen LogP contribution in [0.15, 0.2) is 47.4 Å². The first-order valence-electron chi connectivity index (χ1n) is 8.01. The number of aromatic amines is 1. The monoisotopic (exact) mass is 374 g/mol. The van der Waals surface area contributed by atoms with Crippen LogP contribution in [0.2, 0.25) is 5.02 Å². The van der Waals surface area contributed by atoms with E-state index in [1.54, 1.807) is 30.3 Å². The molecule has 3 aromatic rings. The third-order valence-corrected chi connectivity index (χ3v) is 4.22. The number of rotatable bonds is 5. The SMILES string of the molecule is O=C(Nc1ccc(Cl)cc1)c1c[nH]c2c(F)cc(CCCO)cc2c1=O. The predicted octanol–water partition coefficient (Wildman–Crippen LogP) is 3.50. The van der Waals surface area contributed by atoms with Crippen LogP contribution in [0.1, 0.15) is 22.3 Å². The number of aromatic nitrogens is 1. The number of carbonyl (C=O) groups excluding carboxylic acids is 1. The molecule has 0 saturated heterocycles. The summed E-state index contributed by atoms with van der Waals surface area (Å²) < 4.78 is 14.2. The van der Waals surface area contributed by atoms with E-state index < -0.39 is 17.2 Å². The molecule has 5 nitrogen and oxygen atoms in total. The minimum absolute atomic E-state index is 0.0282. The summed E-state index contributed by atoms with van der Waals surface area (Å²) in [4.78, 5) is 27.8. The number of amides is 1. The van der Waals surface area contributed by atoms with Gasteiger partial charge in [0, 0.05) is 28.9 Å². The van der Waals surface area contributed by atoms with E-state index in [4.69, 9.17) is 16.7 Å². The Morgan fingerprint density at radius 1 is 1.23 bits per heavy atom. The molecule has 0 aliphatic carbocycles. The molecule has 0 saturated carbocycles. The highest BCUT2D eigenvalue weighted by molar-refractivity contribution is 6.30. The van der Waals surface area contributed by atoms with E-state index in [0.717, 1.165) is 0 Å². The van der Waals surface area contributed by atoms with Crippen LogP contribution in [0.4, 0.5) is 10.1 Å². The molecule has 3 rings (SSSR count). The molecule has 0 aliphatic rings. The molecular weight excluding hydrogens is 359 g/mol. The van der Waals surface area contributed by atoms with Gasteiger partial charge < -0.3 is 15.4 Å². The number of anilines is 1. The number of aryl methyl sites for hydroxylation is 1. The predicted molar refractivity (Wildman–Crippen MR) is 99.3 cm³/mol. The molecule has 134 valence electrons. The highest BCUT2D eigenvalue weighted by Crippen LogP contribution is 2.18. The lowest BCUT2D eigenvalue weighted by Gasteiger charge is -2.08. The Hall–Kier alpha value is -2.70. The van der Waals surface area contributed by atoms with E-state index in [1.165, 1.54) is 12.3 Å². The number of pyridine rings is 1. The number of aliphatic hydroxyl groups excluding tert-OH is 1. The van der Waals surface area contributed by atoms with Gasteiger partial charge >= 0.3 is 0 Å². The number of hydrogen-bond acceptors (Lipinski definition) is 3. The van der Waals surface area contributed by atoms with Crippen molar-refractivity contribution in [2.45, 2.75) is 12.8 Å². The Morgan fingerprint density at radius 3 is 2.65 bits per heavy atom. The fourth-order valence-electron chi connectivity index (χ4n) is 2.67. The van der Waals surface area contributed by atoms with Crippen molar-refractivity contribution in [1.82, 2.24) is 4.98 Å². The number of benzene rings is 2. The van der Waals surface area contributed by atoms with Gasteiger partial charge in [0.1, 0.15) is 11.4 Å². The van der Waals surface area contributed by atoms with Crippen molar-refractivity contribution in [2.75, 3.05) is 11.9 Å². The third kappa shape index (κ3) is 3.76. The molecule has 0 aliphatic heterocycles. The minimum Gasteiger partial charge on any atom is -0.396 e. The average Bonchev–Trinajstić information content (AvgIpc) is 2.62. The van der Waals surface area contributed by atoms with Crippen LogP contribution >= 0.6 is 11.6 Å². The summed E-state index contributed by atoms with van der Waals surface area (Å²) in [5, 5.41) is 12.2. The van der Waals surface area contributed by atoms with Crippen LogP contribution in [0.25, 0.3) is 10.9 Å². The van der Waals surface area contributed by atoms with E-state index in [1.807, 2.05) is 0 Å². The molecule has 0 bridgehead atoms. The lowest BCUT2D eigenvalue weighted by atomic mass is 10.0. The largest absolute Gasteiger partial charge is 0.396 e. The molecule has 26 heavy (non-hydrogen) atoms. The highest BCUT2D eigenvalue weighted by Gasteiger charge is 2.16. The van der Waals surface area contributed by atoms with E-state index >= 15 is 0 Å². The fraction of sp³-hybridized carbons (Fsp3) is 0.158. The Balaban J connectivity index is 1.98. The van der Waals surface area contributed by atoms with Gasteiger partial charge in [-0.3, -0.25) is 9.59 Å². The number of carbonyl (C=O) groups is 1. The number of nitrogens with one attached hydrogen (secondary N) is 2. The molecule has 0 fully saturated rings. The standard InChI is InChI=1S/C19H16ClFN2O3/c20-12-3-5-13(6-4-12)23-19(26)15-10-22-17-14(18(15)25)8-11(2-1-7-24)9-16(17)21/h3-6,8-10,24H,1-2,7H2,(H,22,25)(H,23,26). The maximum atomic E-state index is 14.2. The van der Waals surface area contributed by atoms with Crippen LogP contribution in [-0.4, -0.2) is 22.6 Å². The van der Waals surface area contributed by atoms with E-state index in [2.05, 4.69) is 10.3 Å². The van der Waals surface area contributed by atoms with Gasteiger partial charge in [-0.1, -0.05) is 11.6 Å². The van der Waals surface area contributed by atoms with Crippen LogP contribution in [0.5, 0.6) is 0 Å². The van der Waals surface area contributed by atoms with E-state index in [9.17, 15) is 14.0 Å². The summed E-state index contributed by atoms with van der Waals surface area (Å²) in [5.74, 6) is -1.17. The summed E-state index contributed by atoms with van der Waals surface area (Å²) in [5.41, 5.74) is 0.443. The number of fused-ring (bicyclic) bond motifs is 1. The van der Waals surface area contributed by atoms with Gasteiger partial charge in [-0.05, 0) is 54.8 Å². The second-order valence-electron chi connectivity index (χ2n) is 5.82. The van der Waals surface area contributed by atoms with Gasteiger partial charge in [0.15, 0.2) is 0 Å². The summed E-state index contributed by atoms with van der Waals surface area (Å²) in [6.07, 6.45) is 2.09. The molecule has 3 N–H and O–H groups in total. The van der Waals surface area contributed by atoms with Gasteiger partial charge in [-0.25, -0.2) is 4.39 Å². The van der Waals surface area contributed by atoms with Crippen LogP contribution in [-0.2, 0) is 6.42 Å². The first kappa shape index (κ1) is 18.1. The molecule has 0 spiro atoms. The smallest absolute Gasteiger partial charge is 0.261 e. The quantitative estimate of drug-likeness (QED) is 0.639. The number of aliphatic hydroxyl groups is 1. The molecule has 1 amide bonds. The van der Waals surface area contributed by atoms with Crippen LogP contribution in [0.3, 0.4) is 0 Å². The second kappa shape index (κ2) is 7.68. The van der Waals surface area contributed by atoms with Crippen molar-refractivity contribution in [1.29, 1.82) is 0 Å². The summed E-state index contributed by atoms with van der Waals surface area (Å²) in [6, 6.07) is 9.33. The zero-order valence-corrected chi connectivity index (χ0v) is 14.4. The topological polar surface area (TPSA) is 82.2 Å². The molecule has 0 radical (unpaired) electrons. The van der Waals surface area contributed by atoms with Gasteiger partial charge in [0.2, 0.25) is 5.43 Å². The Bertz CT molecular complexity index is 1020. The van der Waals surface area contributed by atoms with Crippen molar-refractivity contribution < 1.29 is 14.3 Å². The lowest BCUT2D eigenvalue weighted by Crippen LogP contribution is -2.22. The maximum absolute atomic E-state index is 14.2. The van der Waals surface area contributed by atoms with Crippen LogP contribution < -0.4 is 10.7 Å². The minimum atomic E-state index is -0.600. The van der Waals surface area contributed by atoms with Gasteiger partial charge in [0.05, 0.1) is 5.52 Å². The zero-order chi connectivity index (χ0) is 18.7. The Labute approximate surface area is 153 Å². The number of hydrogen-bond donors (Lipinski definition) is 3. The molecule has 0 unspecified atom stereocenters. The number of H-pyrrole nitrogens is 1. The summed E-state index contributed by atoms with van der Waals surface area (Å²) in [7, 11) is 0. The Morgan fingerprint density at radius 2 is 1.96 bits per heavy atom. The first-order chi connectivity index (χ1) is 12.5. The maximum Gasteiger partial charge on any atom is 0.261 e. The Kier molecular flexibility index (Phi) is 5.35. The van der Waals surface area contributed by atoms with E-state index in [0.29, 0.717) is 29.1 Å². The van der Waals surface area contributed by atoms with Gasteiger partial charge in [0.25, 0.3) is 5.91 Å². The summed E-state index contributed by atoms with van der Waals surface area (Å²) in [6.45, 7) is -0.0282. The fourth-order valence-corrected chi connectivity index (χ4v) is 2.80. The molecule has 1 aromatic heterocycles. The van der Waals surface area contributed by atoms with Crippen molar-refractivity contribution in [3.8, 4) is 0 Å². The normalized spacial score (nSPS) is 10.9. The molecular formula is C19H16ClFN2O3. The van der Waals surface area contributed by atoms with Crippen molar-refractivity contribution in [3.05, 3.63) is 74.8 Å². The molecule has 0 atom stereocenters. The average molecular weight is 375 g/mol. The molecule has 7 heteroatoms. The lowest BCUT2D eigenvalue weighted by molar-refractivity contribution is 0.102. The third-order valence-electron chi connectivity index (χ3n) is 3.97. The number of halogens is 2. The molecule has 1 heterocycles. The first-order valence-corrected chi connectivity index (χ1v) is 8.39. The van der Waals surface area contributed by atoms with Gasteiger partial charge in [-0.15, -0.1) is 0 Å². The summed E-state index contributed by atoms with van der Waals surface area (Å²) >= 11 is 5.80. The van der Waals surface area contributed by atoms with Crippen molar-refractivity contribution in [2.24, 2.45) is 0 Å². The van der Waals surface area contributed by atoms with Crippen molar-refractivity contribution >= 4 is 34.1 Å². The molecule has 2 aromatic carbocycles.